The molecule has 0 radical (unpaired) electrons. The van der Waals surface area contributed by atoms with Gasteiger partial charge in [0.25, 0.3) is 0 Å². The summed E-state index contributed by atoms with van der Waals surface area (Å²) in [7, 11) is 4.82. The number of hydrogen-bond acceptors (Lipinski definition) is 9. The lowest BCUT2D eigenvalue weighted by molar-refractivity contribution is 0.112. The Bertz CT molecular complexity index is 1010. The van der Waals surface area contributed by atoms with Gasteiger partial charge in [-0.2, -0.15) is 9.61 Å². The van der Waals surface area contributed by atoms with E-state index in [-0.39, 0.29) is 11.9 Å². The number of thiazole rings is 1. The molecular formula is C20H27N5O4S. The fourth-order valence-corrected chi connectivity index (χ4v) is 5.14. The van der Waals surface area contributed by atoms with Crippen molar-refractivity contribution in [1.29, 1.82) is 0 Å². The van der Waals surface area contributed by atoms with Crippen molar-refractivity contribution in [2.24, 2.45) is 0 Å². The van der Waals surface area contributed by atoms with E-state index in [4.69, 9.17) is 14.2 Å². The number of hydrogen-bond donors (Lipinski definition) is 1. The van der Waals surface area contributed by atoms with Crippen molar-refractivity contribution in [2.75, 3.05) is 54.1 Å². The third-order valence-corrected chi connectivity index (χ3v) is 6.72. The largest absolute Gasteiger partial charge is 0.493 e. The second-order valence-electron chi connectivity index (χ2n) is 7.04. The van der Waals surface area contributed by atoms with Gasteiger partial charge in [-0.15, -0.1) is 0 Å². The van der Waals surface area contributed by atoms with Crippen molar-refractivity contribution in [1.82, 2.24) is 24.4 Å². The molecule has 1 saturated heterocycles. The van der Waals surface area contributed by atoms with E-state index in [1.165, 1.54) is 22.2 Å². The highest BCUT2D eigenvalue weighted by Gasteiger charge is 2.34. The van der Waals surface area contributed by atoms with Crippen LogP contribution in [0.1, 0.15) is 23.4 Å². The number of rotatable bonds is 7. The van der Waals surface area contributed by atoms with E-state index in [1.54, 1.807) is 21.3 Å². The Morgan fingerprint density at radius 3 is 2.40 bits per heavy atom. The highest BCUT2D eigenvalue weighted by Crippen LogP contribution is 2.48. The van der Waals surface area contributed by atoms with Crippen LogP contribution in [0.15, 0.2) is 18.5 Å². The van der Waals surface area contributed by atoms with E-state index < -0.39 is 0 Å². The molecule has 30 heavy (non-hydrogen) atoms. The van der Waals surface area contributed by atoms with Gasteiger partial charge in [0.05, 0.1) is 32.2 Å². The van der Waals surface area contributed by atoms with Gasteiger partial charge in [-0.3, -0.25) is 4.90 Å². The number of methoxy groups -OCH3 is 3. The molecule has 2 aromatic heterocycles. The van der Waals surface area contributed by atoms with Crippen LogP contribution in [0.4, 0.5) is 0 Å². The first-order valence-electron chi connectivity index (χ1n) is 9.89. The normalized spacial score (nSPS) is 16.7. The van der Waals surface area contributed by atoms with Crippen molar-refractivity contribution < 1.29 is 19.3 Å². The van der Waals surface area contributed by atoms with Gasteiger partial charge in [0, 0.05) is 31.7 Å². The monoisotopic (exact) mass is 433 g/mol. The highest BCUT2D eigenvalue weighted by molar-refractivity contribution is 7.17. The SMILES string of the molecule is CCN1CCN([C@@H](c2ccc(OC)c(OC)c2OC)c2sc3ncnn3c2O)CC1. The summed E-state index contributed by atoms with van der Waals surface area (Å²) < 4.78 is 18.3. The summed E-state index contributed by atoms with van der Waals surface area (Å²) >= 11 is 1.43. The molecule has 0 unspecified atom stereocenters. The van der Waals surface area contributed by atoms with Crippen LogP contribution >= 0.6 is 11.3 Å². The summed E-state index contributed by atoms with van der Waals surface area (Å²) in [5.41, 5.74) is 0.903. The van der Waals surface area contributed by atoms with Gasteiger partial charge in [0.2, 0.25) is 16.6 Å². The predicted molar refractivity (Wildman–Crippen MR) is 114 cm³/mol. The molecule has 1 fully saturated rings. The van der Waals surface area contributed by atoms with Crippen molar-refractivity contribution in [3.8, 4) is 23.1 Å². The molecule has 0 aliphatic carbocycles. The molecule has 9 nitrogen and oxygen atoms in total. The Morgan fingerprint density at radius 1 is 1.07 bits per heavy atom. The summed E-state index contributed by atoms with van der Waals surface area (Å²) in [5.74, 6) is 1.83. The highest BCUT2D eigenvalue weighted by atomic mass is 32.1. The minimum atomic E-state index is -0.229. The zero-order chi connectivity index (χ0) is 21.3. The number of fused-ring (bicyclic) bond motifs is 1. The number of nitrogens with zero attached hydrogens (tertiary/aromatic N) is 5. The first kappa shape index (κ1) is 20.7. The zero-order valence-corrected chi connectivity index (χ0v) is 18.5. The van der Waals surface area contributed by atoms with Gasteiger partial charge >= 0.3 is 0 Å². The van der Waals surface area contributed by atoms with Crippen LogP contribution in [0.25, 0.3) is 4.96 Å². The van der Waals surface area contributed by atoms with Crippen LogP contribution in [0.3, 0.4) is 0 Å². The molecule has 1 aliphatic rings. The van der Waals surface area contributed by atoms with Crippen LogP contribution in [-0.2, 0) is 0 Å². The molecule has 3 aromatic rings. The van der Waals surface area contributed by atoms with Crippen LogP contribution in [0.5, 0.6) is 23.1 Å². The van der Waals surface area contributed by atoms with Crippen LogP contribution in [0, 0.1) is 0 Å². The summed E-state index contributed by atoms with van der Waals surface area (Å²) in [6, 6.07) is 3.62. The van der Waals surface area contributed by atoms with E-state index in [0.29, 0.717) is 22.2 Å². The average molecular weight is 434 g/mol. The quantitative estimate of drug-likeness (QED) is 0.607. The lowest BCUT2D eigenvalue weighted by Gasteiger charge is -2.39. The number of likely N-dealkylation sites (N-methyl/N-ethyl adjacent to an activating group) is 1. The molecule has 1 atom stereocenters. The molecule has 0 spiro atoms. The molecule has 0 saturated carbocycles. The molecule has 162 valence electrons. The third kappa shape index (κ3) is 3.44. The van der Waals surface area contributed by atoms with Crippen molar-refractivity contribution in [3.63, 3.8) is 0 Å². The molecule has 0 bridgehead atoms. The molecule has 4 rings (SSSR count). The molecule has 10 heteroatoms. The van der Waals surface area contributed by atoms with Crippen LogP contribution in [0.2, 0.25) is 0 Å². The smallest absolute Gasteiger partial charge is 0.230 e. The summed E-state index contributed by atoms with van der Waals surface area (Å²) in [6.07, 6.45) is 1.45. The van der Waals surface area contributed by atoms with E-state index in [9.17, 15) is 5.11 Å². The Kier molecular flexibility index (Phi) is 5.98. The van der Waals surface area contributed by atoms with Crippen LogP contribution in [-0.4, -0.2) is 83.6 Å². The Morgan fingerprint density at radius 2 is 1.80 bits per heavy atom. The van der Waals surface area contributed by atoms with E-state index in [2.05, 4.69) is 26.8 Å². The maximum Gasteiger partial charge on any atom is 0.230 e. The van der Waals surface area contributed by atoms with Crippen molar-refractivity contribution in [2.45, 2.75) is 13.0 Å². The number of ether oxygens (including phenoxy) is 3. The second kappa shape index (κ2) is 8.66. The van der Waals surface area contributed by atoms with Crippen molar-refractivity contribution in [3.05, 3.63) is 28.9 Å². The maximum atomic E-state index is 11.0. The number of benzene rings is 1. The minimum absolute atomic E-state index is 0.104. The van der Waals surface area contributed by atoms with Gasteiger partial charge in [-0.05, 0) is 18.7 Å². The number of aromatic nitrogens is 3. The van der Waals surface area contributed by atoms with Gasteiger partial charge in [0.15, 0.2) is 11.5 Å². The fraction of sp³-hybridized carbons (Fsp3) is 0.500. The lowest BCUT2D eigenvalue weighted by Crippen LogP contribution is -2.47. The fourth-order valence-electron chi connectivity index (χ4n) is 4.05. The lowest BCUT2D eigenvalue weighted by atomic mass is 10.0. The minimum Gasteiger partial charge on any atom is -0.493 e. The van der Waals surface area contributed by atoms with E-state index in [0.717, 1.165) is 43.2 Å². The van der Waals surface area contributed by atoms with Gasteiger partial charge < -0.3 is 24.2 Å². The van der Waals surface area contributed by atoms with Crippen molar-refractivity contribution >= 4 is 16.3 Å². The molecular weight excluding hydrogens is 406 g/mol. The molecule has 1 aromatic carbocycles. The summed E-state index contributed by atoms with van der Waals surface area (Å²) in [5, 5.41) is 15.1. The molecule has 1 aliphatic heterocycles. The number of piperazine rings is 1. The first-order valence-corrected chi connectivity index (χ1v) is 10.7. The summed E-state index contributed by atoms with van der Waals surface area (Å²) in [6.45, 7) is 6.86. The van der Waals surface area contributed by atoms with Crippen LogP contribution < -0.4 is 14.2 Å². The van der Waals surface area contributed by atoms with Gasteiger partial charge in [0.1, 0.15) is 6.33 Å². The topological polar surface area (TPSA) is 84.6 Å². The standard InChI is InChI=1S/C20H27N5O4S/c1-5-23-8-10-24(11-9-23)15(18-19(26)25-20(30-18)21-12-22-25)13-6-7-14(27-2)17(29-4)16(13)28-3/h6-7,12,15,26H,5,8-11H2,1-4H3/t15-/m0/s1. The Balaban J connectivity index is 1.86. The summed E-state index contributed by atoms with van der Waals surface area (Å²) in [4.78, 5) is 10.5. The van der Waals surface area contributed by atoms with Gasteiger partial charge in [-0.1, -0.05) is 18.3 Å². The number of aromatic hydroxyl groups is 1. The van der Waals surface area contributed by atoms with Gasteiger partial charge in [-0.25, -0.2) is 4.98 Å². The molecule has 1 N–H and O–H groups in total. The Hall–Kier alpha value is -2.56. The first-order chi connectivity index (χ1) is 14.6. The molecule has 0 amide bonds. The Labute approximate surface area is 179 Å². The molecule has 3 heterocycles. The van der Waals surface area contributed by atoms with E-state index in [1.807, 2.05) is 12.1 Å². The predicted octanol–water partition coefficient (Wildman–Crippen LogP) is 2.25. The van der Waals surface area contributed by atoms with E-state index >= 15 is 0 Å². The second-order valence-corrected chi connectivity index (χ2v) is 8.05. The maximum absolute atomic E-state index is 11.0. The zero-order valence-electron chi connectivity index (χ0n) is 17.7. The average Bonchev–Trinajstić information content (AvgIpc) is 3.37. The third-order valence-electron chi connectivity index (χ3n) is 5.64.